The van der Waals surface area contributed by atoms with Crippen LogP contribution in [0, 0.1) is 0 Å². The molecule has 2 atom stereocenters. The Hall–Kier alpha value is -2.32. The Balaban J connectivity index is 1.51. The number of amides is 1. The van der Waals surface area contributed by atoms with Crippen LogP contribution < -0.4 is 31.8 Å². The summed E-state index contributed by atoms with van der Waals surface area (Å²) in [5.41, 5.74) is 10.6. The summed E-state index contributed by atoms with van der Waals surface area (Å²) < 4.78 is 5.56. The Morgan fingerprint density at radius 2 is 1.85 bits per heavy atom. The highest BCUT2D eigenvalue weighted by molar-refractivity contribution is 6.30. The first kappa shape index (κ1) is 19.4. The molecule has 0 saturated carbocycles. The molecule has 2 aromatic rings. The van der Waals surface area contributed by atoms with E-state index in [4.69, 9.17) is 16.3 Å². The zero-order chi connectivity index (χ0) is 19.1. The molecule has 2 aromatic carbocycles. The second kappa shape index (κ2) is 9.57. The van der Waals surface area contributed by atoms with Gasteiger partial charge in [-0.15, -0.1) is 0 Å². The lowest BCUT2D eigenvalue weighted by Gasteiger charge is -2.20. The van der Waals surface area contributed by atoms with E-state index in [0.29, 0.717) is 18.2 Å². The number of carbonyl (C=O) groups is 1. The van der Waals surface area contributed by atoms with E-state index >= 15 is 0 Å². The van der Waals surface area contributed by atoms with E-state index < -0.39 is 6.04 Å². The number of benzene rings is 2. The van der Waals surface area contributed by atoms with Crippen molar-refractivity contribution in [2.45, 2.75) is 32.1 Å². The molecule has 0 aliphatic carbocycles. The summed E-state index contributed by atoms with van der Waals surface area (Å²) in [6.07, 6.45) is 0.662. The fraction of sp³-hybridized carbons (Fsp3) is 0.316. The molecule has 2 unspecified atom stereocenters. The number of hydrazine groups is 2. The second-order valence-electron chi connectivity index (χ2n) is 6.23. The molecule has 7 nitrogen and oxygen atoms in total. The molecule has 0 aromatic heterocycles. The zero-order valence-corrected chi connectivity index (χ0v) is 15.8. The lowest BCUT2D eigenvalue weighted by molar-refractivity contribution is -0.123. The quantitative estimate of drug-likeness (QED) is 0.475. The minimum atomic E-state index is -0.479. The van der Waals surface area contributed by atoms with Crippen LogP contribution in [0.4, 0.5) is 5.69 Å². The summed E-state index contributed by atoms with van der Waals surface area (Å²) in [7, 11) is 0. The maximum Gasteiger partial charge on any atom is 0.242 e. The predicted octanol–water partition coefficient (Wildman–Crippen LogP) is 2.16. The lowest BCUT2D eigenvalue weighted by Crippen LogP contribution is -2.50. The first-order chi connectivity index (χ1) is 13.2. The number of ether oxygens (including phenoxy) is 1. The van der Waals surface area contributed by atoms with E-state index in [1.54, 1.807) is 12.1 Å². The number of nitrogens with one attached hydrogen (secondary N) is 5. The molecule has 0 spiro atoms. The summed E-state index contributed by atoms with van der Waals surface area (Å²) >= 11 is 5.90. The van der Waals surface area contributed by atoms with E-state index in [0.717, 1.165) is 23.4 Å². The van der Waals surface area contributed by atoms with Gasteiger partial charge >= 0.3 is 0 Å². The van der Waals surface area contributed by atoms with Crippen molar-refractivity contribution in [3.8, 4) is 5.75 Å². The lowest BCUT2D eigenvalue weighted by atomic mass is 10.2. The molecule has 0 bridgehead atoms. The number of anilines is 1. The van der Waals surface area contributed by atoms with Crippen LogP contribution in [0.3, 0.4) is 0 Å². The highest BCUT2D eigenvalue weighted by atomic mass is 35.5. The molecule has 1 saturated heterocycles. The Bertz CT molecular complexity index is 739. The van der Waals surface area contributed by atoms with E-state index in [9.17, 15) is 4.79 Å². The third-order valence-corrected chi connectivity index (χ3v) is 4.35. The number of carbonyl (C=O) groups excluding carboxylic acids is 1. The third kappa shape index (κ3) is 5.58. The van der Waals surface area contributed by atoms with Gasteiger partial charge in [0.1, 0.15) is 18.0 Å². The first-order valence-corrected chi connectivity index (χ1v) is 9.31. The molecule has 8 heteroatoms. The molecule has 1 heterocycles. The smallest absolute Gasteiger partial charge is 0.242 e. The molecule has 3 rings (SSSR count). The normalized spacial score (nSPS) is 18.9. The molecular weight excluding hydrogens is 366 g/mol. The van der Waals surface area contributed by atoms with Crippen molar-refractivity contribution in [3.63, 3.8) is 0 Å². The topological polar surface area (TPSA) is 86.5 Å². The number of hydrogen-bond donors (Lipinski definition) is 5. The van der Waals surface area contributed by atoms with Gasteiger partial charge in [0.15, 0.2) is 0 Å². The summed E-state index contributed by atoms with van der Waals surface area (Å²) in [6, 6.07) is 14.6. The van der Waals surface area contributed by atoms with Crippen LogP contribution in [-0.4, -0.2) is 24.7 Å². The van der Waals surface area contributed by atoms with Gasteiger partial charge in [-0.25, -0.2) is 10.9 Å². The zero-order valence-electron chi connectivity index (χ0n) is 15.1. The molecule has 5 N–H and O–H groups in total. The van der Waals surface area contributed by atoms with Crippen molar-refractivity contribution in [3.05, 3.63) is 59.1 Å². The van der Waals surface area contributed by atoms with Gasteiger partial charge in [0.05, 0.1) is 6.61 Å². The van der Waals surface area contributed by atoms with Gasteiger partial charge < -0.3 is 15.4 Å². The molecule has 144 valence electrons. The van der Waals surface area contributed by atoms with Crippen molar-refractivity contribution in [1.29, 1.82) is 0 Å². The summed E-state index contributed by atoms with van der Waals surface area (Å²) in [5, 5.41) is 6.86. The maximum atomic E-state index is 12.5. The van der Waals surface area contributed by atoms with Crippen molar-refractivity contribution >= 4 is 23.2 Å². The van der Waals surface area contributed by atoms with E-state index in [2.05, 4.69) is 33.9 Å². The monoisotopic (exact) mass is 389 g/mol. The number of halogens is 1. The first-order valence-electron chi connectivity index (χ1n) is 8.93. The summed E-state index contributed by atoms with van der Waals surface area (Å²) in [4.78, 5) is 12.5. The fourth-order valence-corrected chi connectivity index (χ4v) is 2.77. The highest BCUT2D eigenvalue weighted by Gasteiger charge is 2.32. The summed E-state index contributed by atoms with van der Waals surface area (Å²) in [6.45, 7) is 3.21. The number of hydrogen-bond acceptors (Lipinski definition) is 6. The molecular formula is C19H24ClN5O2. The Kier molecular flexibility index (Phi) is 6.89. The van der Waals surface area contributed by atoms with Crippen molar-refractivity contribution in [2.75, 3.05) is 11.9 Å². The molecule has 1 aliphatic rings. The van der Waals surface area contributed by atoms with Crippen molar-refractivity contribution < 1.29 is 9.53 Å². The standard InChI is InChI=1S/C19H24ClN5O2/c1-2-11-27-16-9-3-13(4-10-16)12-21-19(26)17-18(24-25-23-17)22-15-7-5-14(20)6-8-15/h3-10,17-18,22-25H,2,11-12H2,1H3,(H,21,26). The SMILES string of the molecule is CCCOc1ccc(CNC(=O)C2NNNC2Nc2ccc(Cl)cc2)cc1. The fourth-order valence-electron chi connectivity index (χ4n) is 2.65. The molecule has 1 amide bonds. The van der Waals surface area contributed by atoms with Gasteiger partial charge in [-0.1, -0.05) is 30.7 Å². The van der Waals surface area contributed by atoms with Gasteiger partial charge in [0, 0.05) is 17.3 Å². The molecule has 1 fully saturated rings. The highest BCUT2D eigenvalue weighted by Crippen LogP contribution is 2.15. The van der Waals surface area contributed by atoms with Crippen LogP contribution in [0.1, 0.15) is 18.9 Å². The minimum Gasteiger partial charge on any atom is -0.494 e. The summed E-state index contributed by atoms with van der Waals surface area (Å²) in [5.74, 6) is 0.718. The Morgan fingerprint density at radius 1 is 1.11 bits per heavy atom. The minimum absolute atomic E-state index is 0.120. The van der Waals surface area contributed by atoms with E-state index in [1.807, 2.05) is 36.4 Å². The number of rotatable bonds is 8. The Labute approximate surface area is 163 Å². The van der Waals surface area contributed by atoms with E-state index in [1.165, 1.54) is 0 Å². The van der Waals surface area contributed by atoms with Crippen LogP contribution >= 0.6 is 11.6 Å². The average Bonchev–Trinajstić information content (AvgIpc) is 3.15. The Morgan fingerprint density at radius 3 is 2.56 bits per heavy atom. The van der Waals surface area contributed by atoms with Crippen LogP contribution in [-0.2, 0) is 11.3 Å². The van der Waals surface area contributed by atoms with Crippen molar-refractivity contribution in [1.82, 2.24) is 21.7 Å². The van der Waals surface area contributed by atoms with Crippen LogP contribution in [0.2, 0.25) is 5.02 Å². The largest absolute Gasteiger partial charge is 0.494 e. The van der Waals surface area contributed by atoms with Gasteiger partial charge in [-0.2, -0.15) is 5.53 Å². The van der Waals surface area contributed by atoms with Gasteiger partial charge in [0.2, 0.25) is 5.91 Å². The average molecular weight is 390 g/mol. The van der Waals surface area contributed by atoms with Crippen molar-refractivity contribution in [2.24, 2.45) is 0 Å². The van der Waals surface area contributed by atoms with Gasteiger partial charge in [-0.3, -0.25) is 4.79 Å². The van der Waals surface area contributed by atoms with Crippen LogP contribution in [0.5, 0.6) is 5.75 Å². The molecule has 27 heavy (non-hydrogen) atoms. The van der Waals surface area contributed by atoms with E-state index in [-0.39, 0.29) is 12.1 Å². The second-order valence-corrected chi connectivity index (χ2v) is 6.67. The predicted molar refractivity (Wildman–Crippen MR) is 106 cm³/mol. The van der Waals surface area contributed by atoms with Crippen LogP contribution in [0.15, 0.2) is 48.5 Å². The maximum absolute atomic E-state index is 12.5. The van der Waals surface area contributed by atoms with Gasteiger partial charge in [0.25, 0.3) is 0 Å². The third-order valence-electron chi connectivity index (χ3n) is 4.10. The van der Waals surface area contributed by atoms with Crippen LogP contribution in [0.25, 0.3) is 0 Å². The molecule has 0 radical (unpaired) electrons. The van der Waals surface area contributed by atoms with Gasteiger partial charge in [-0.05, 0) is 48.4 Å². The molecule has 1 aliphatic heterocycles.